The van der Waals surface area contributed by atoms with E-state index in [0.29, 0.717) is 5.82 Å². The zero-order chi connectivity index (χ0) is 11.5. The fourth-order valence-corrected chi connectivity index (χ4v) is 1.33. The molecule has 0 saturated carbocycles. The van der Waals surface area contributed by atoms with Crippen LogP contribution in [0.4, 0.5) is 5.82 Å². The molecule has 1 aromatic heterocycles. The average Bonchev–Trinajstić information content (AvgIpc) is 2.65. The van der Waals surface area contributed by atoms with E-state index in [2.05, 4.69) is 10.2 Å². The number of anilines is 1. The first-order valence-corrected chi connectivity index (χ1v) is 5.10. The van der Waals surface area contributed by atoms with E-state index in [-0.39, 0.29) is 6.10 Å². The van der Waals surface area contributed by atoms with E-state index in [0.717, 1.165) is 11.4 Å². The molecule has 2 rings (SSSR count). The van der Waals surface area contributed by atoms with Gasteiger partial charge in [0.1, 0.15) is 5.75 Å². The van der Waals surface area contributed by atoms with Gasteiger partial charge in [0.25, 0.3) is 0 Å². The van der Waals surface area contributed by atoms with Crippen LogP contribution in [0.25, 0.3) is 5.69 Å². The molecule has 1 heterocycles. The molecule has 84 valence electrons. The molecule has 0 spiro atoms. The summed E-state index contributed by atoms with van der Waals surface area (Å²) in [5.74, 6) is 1.24. The summed E-state index contributed by atoms with van der Waals surface area (Å²) >= 11 is 0. The van der Waals surface area contributed by atoms with Crippen molar-refractivity contribution in [2.45, 2.75) is 20.0 Å². The van der Waals surface area contributed by atoms with Crippen molar-refractivity contribution < 1.29 is 4.74 Å². The van der Waals surface area contributed by atoms with Crippen LogP contribution < -0.4 is 10.5 Å². The normalized spacial score (nSPS) is 10.7. The Morgan fingerprint density at radius 1 is 1.25 bits per heavy atom. The molecule has 0 aliphatic carbocycles. The van der Waals surface area contributed by atoms with Crippen LogP contribution in [-0.4, -0.2) is 21.1 Å². The number of nitrogens with zero attached hydrogens (tertiary/aromatic N) is 3. The lowest BCUT2D eigenvalue weighted by Crippen LogP contribution is -2.05. The number of ether oxygens (including phenoxy) is 1. The van der Waals surface area contributed by atoms with Gasteiger partial charge in [-0.1, -0.05) is 0 Å². The number of nitrogens with two attached hydrogens (primary N) is 1. The summed E-state index contributed by atoms with van der Waals surface area (Å²) in [5.41, 5.74) is 6.35. The van der Waals surface area contributed by atoms with Gasteiger partial charge in [-0.05, 0) is 38.1 Å². The topological polar surface area (TPSA) is 66.0 Å². The first kappa shape index (κ1) is 10.5. The highest BCUT2D eigenvalue weighted by Gasteiger charge is 2.01. The largest absolute Gasteiger partial charge is 0.491 e. The van der Waals surface area contributed by atoms with Gasteiger partial charge in [-0.25, -0.2) is 0 Å². The van der Waals surface area contributed by atoms with E-state index in [4.69, 9.17) is 10.5 Å². The van der Waals surface area contributed by atoms with Gasteiger partial charge in [-0.2, -0.15) is 5.10 Å². The smallest absolute Gasteiger partial charge is 0.166 e. The molecule has 1 aromatic carbocycles. The third kappa shape index (κ3) is 2.31. The zero-order valence-corrected chi connectivity index (χ0v) is 9.29. The van der Waals surface area contributed by atoms with E-state index in [1.165, 1.54) is 11.0 Å². The van der Waals surface area contributed by atoms with Crippen molar-refractivity contribution in [3.63, 3.8) is 0 Å². The minimum absolute atomic E-state index is 0.171. The van der Waals surface area contributed by atoms with E-state index >= 15 is 0 Å². The van der Waals surface area contributed by atoms with Gasteiger partial charge >= 0.3 is 0 Å². The molecule has 0 amide bonds. The Labute approximate surface area is 93.8 Å². The third-order valence-corrected chi connectivity index (χ3v) is 1.95. The summed E-state index contributed by atoms with van der Waals surface area (Å²) in [6, 6.07) is 7.54. The second kappa shape index (κ2) is 4.22. The summed E-state index contributed by atoms with van der Waals surface area (Å²) in [7, 11) is 0. The van der Waals surface area contributed by atoms with Crippen molar-refractivity contribution in [1.82, 2.24) is 15.0 Å². The molecule has 2 N–H and O–H groups in total. The standard InChI is InChI=1S/C11H14N4O/c1-8(2)16-10-5-3-9(4-6-10)15-13-7-11(12)14-15/h3-8H,1-2H3,(H2,12,14). The molecule has 0 saturated heterocycles. The van der Waals surface area contributed by atoms with E-state index in [1.807, 2.05) is 38.1 Å². The maximum atomic E-state index is 5.54. The van der Waals surface area contributed by atoms with Crippen LogP contribution in [-0.2, 0) is 0 Å². The second-order valence-corrected chi connectivity index (χ2v) is 3.72. The predicted octanol–water partition coefficient (Wildman–Crippen LogP) is 1.64. The van der Waals surface area contributed by atoms with Crippen LogP contribution in [0.15, 0.2) is 30.5 Å². The number of hydrogen-bond donors (Lipinski definition) is 1. The number of nitrogen functional groups attached to an aromatic ring is 1. The number of aromatic nitrogens is 3. The maximum Gasteiger partial charge on any atom is 0.166 e. The molecule has 16 heavy (non-hydrogen) atoms. The lowest BCUT2D eigenvalue weighted by molar-refractivity contribution is 0.242. The third-order valence-electron chi connectivity index (χ3n) is 1.95. The van der Waals surface area contributed by atoms with Crippen molar-refractivity contribution in [2.24, 2.45) is 0 Å². The zero-order valence-electron chi connectivity index (χ0n) is 9.29. The van der Waals surface area contributed by atoms with Crippen LogP contribution in [0.5, 0.6) is 5.75 Å². The number of hydrogen-bond acceptors (Lipinski definition) is 4. The van der Waals surface area contributed by atoms with Crippen LogP contribution in [0, 0.1) is 0 Å². The lowest BCUT2D eigenvalue weighted by atomic mass is 10.3. The molecule has 0 radical (unpaired) electrons. The van der Waals surface area contributed by atoms with Crippen LogP contribution >= 0.6 is 0 Å². The Balaban J connectivity index is 2.19. The van der Waals surface area contributed by atoms with E-state index < -0.39 is 0 Å². The summed E-state index contributed by atoms with van der Waals surface area (Å²) in [6.07, 6.45) is 1.68. The molecule has 0 atom stereocenters. The molecular formula is C11H14N4O. The average molecular weight is 218 g/mol. The minimum atomic E-state index is 0.171. The Kier molecular flexibility index (Phi) is 2.76. The van der Waals surface area contributed by atoms with Crippen LogP contribution in [0.2, 0.25) is 0 Å². The van der Waals surface area contributed by atoms with Gasteiger partial charge in [0, 0.05) is 0 Å². The van der Waals surface area contributed by atoms with E-state index in [9.17, 15) is 0 Å². The Morgan fingerprint density at radius 3 is 2.44 bits per heavy atom. The van der Waals surface area contributed by atoms with Crippen molar-refractivity contribution in [3.8, 4) is 11.4 Å². The summed E-state index contributed by atoms with van der Waals surface area (Å²) < 4.78 is 5.54. The predicted molar refractivity (Wildman–Crippen MR) is 61.5 cm³/mol. The lowest BCUT2D eigenvalue weighted by Gasteiger charge is -2.09. The van der Waals surface area contributed by atoms with Gasteiger partial charge in [0.05, 0.1) is 18.0 Å². The molecule has 5 heteroatoms. The van der Waals surface area contributed by atoms with Gasteiger partial charge in [-0.15, -0.1) is 9.90 Å². The second-order valence-electron chi connectivity index (χ2n) is 3.72. The van der Waals surface area contributed by atoms with Gasteiger partial charge < -0.3 is 10.5 Å². The molecule has 2 aromatic rings. The fourth-order valence-electron chi connectivity index (χ4n) is 1.33. The number of rotatable bonds is 3. The Hall–Kier alpha value is -2.04. The highest BCUT2D eigenvalue weighted by Crippen LogP contribution is 2.15. The maximum absolute atomic E-state index is 5.54. The summed E-state index contributed by atoms with van der Waals surface area (Å²) in [6.45, 7) is 3.98. The molecule has 0 bridgehead atoms. The highest BCUT2D eigenvalue weighted by molar-refractivity contribution is 5.36. The van der Waals surface area contributed by atoms with Crippen molar-refractivity contribution in [2.75, 3.05) is 5.73 Å². The van der Waals surface area contributed by atoms with Crippen LogP contribution in [0.1, 0.15) is 13.8 Å². The quantitative estimate of drug-likeness (QED) is 0.850. The van der Waals surface area contributed by atoms with E-state index in [1.54, 1.807) is 0 Å². The highest BCUT2D eigenvalue weighted by atomic mass is 16.5. The SMILES string of the molecule is CC(C)Oc1ccc(-n2ncc(N)n2)cc1. The molecule has 0 unspecified atom stereocenters. The molecule has 5 nitrogen and oxygen atoms in total. The van der Waals surface area contributed by atoms with Crippen molar-refractivity contribution >= 4 is 5.82 Å². The molecule has 0 aliphatic rings. The minimum Gasteiger partial charge on any atom is -0.491 e. The first-order valence-electron chi connectivity index (χ1n) is 5.10. The first-order chi connectivity index (χ1) is 7.65. The summed E-state index contributed by atoms with van der Waals surface area (Å²) in [5, 5.41) is 8.03. The van der Waals surface area contributed by atoms with Crippen molar-refractivity contribution in [3.05, 3.63) is 30.5 Å². The van der Waals surface area contributed by atoms with Crippen molar-refractivity contribution in [1.29, 1.82) is 0 Å². The van der Waals surface area contributed by atoms with Gasteiger partial charge in [0.15, 0.2) is 5.82 Å². The molecule has 0 fully saturated rings. The molecule has 0 aliphatic heterocycles. The fraction of sp³-hybridized carbons (Fsp3) is 0.273. The Morgan fingerprint density at radius 2 is 1.94 bits per heavy atom. The van der Waals surface area contributed by atoms with Crippen LogP contribution in [0.3, 0.4) is 0 Å². The summed E-state index contributed by atoms with van der Waals surface area (Å²) in [4.78, 5) is 1.48. The van der Waals surface area contributed by atoms with Gasteiger partial charge in [0.2, 0.25) is 0 Å². The number of benzene rings is 1. The van der Waals surface area contributed by atoms with Gasteiger partial charge in [-0.3, -0.25) is 0 Å². The monoisotopic (exact) mass is 218 g/mol. The Bertz CT molecular complexity index is 461. The molecular weight excluding hydrogens is 204 g/mol.